The molecule has 0 aliphatic rings. The molecule has 0 radical (unpaired) electrons. The van der Waals surface area contributed by atoms with E-state index in [1.807, 2.05) is 13.8 Å². The zero-order chi connectivity index (χ0) is 12.1. The maximum atomic E-state index is 11.6. The molecule has 0 aliphatic heterocycles. The monoisotopic (exact) mass is 238 g/mol. The number of carbonyl (C=O) groups excluding carboxylic acids is 1. The van der Waals surface area contributed by atoms with E-state index in [-0.39, 0.29) is 5.78 Å². The van der Waals surface area contributed by atoms with Crippen LogP contribution in [0.15, 0.2) is 24.8 Å². The van der Waals surface area contributed by atoms with Crippen LogP contribution in [0.3, 0.4) is 0 Å². The van der Waals surface area contributed by atoms with Gasteiger partial charge in [0, 0.05) is 5.02 Å². The van der Waals surface area contributed by atoms with E-state index < -0.39 is 0 Å². The molecule has 0 saturated heterocycles. The van der Waals surface area contributed by atoms with Gasteiger partial charge in [-0.3, -0.25) is 4.79 Å². The molecule has 0 spiro atoms. The van der Waals surface area contributed by atoms with Gasteiger partial charge in [-0.25, -0.2) is 0 Å². The zero-order valence-electron chi connectivity index (χ0n) is 9.55. The average Bonchev–Trinajstić information content (AvgIpc) is 2.29. The number of ether oxygens (including phenoxy) is 1. The molecule has 0 aliphatic carbocycles. The van der Waals surface area contributed by atoms with Gasteiger partial charge in [0.05, 0.1) is 12.2 Å². The second-order valence-corrected chi connectivity index (χ2v) is 3.92. The van der Waals surface area contributed by atoms with E-state index in [1.165, 1.54) is 6.08 Å². The van der Waals surface area contributed by atoms with E-state index in [9.17, 15) is 4.79 Å². The number of hydrogen-bond donors (Lipinski definition) is 0. The Kier molecular flexibility index (Phi) is 4.56. The molecule has 3 heteroatoms. The van der Waals surface area contributed by atoms with Crippen molar-refractivity contribution in [1.82, 2.24) is 0 Å². The first kappa shape index (κ1) is 12.8. The third-order valence-electron chi connectivity index (χ3n) is 2.17. The molecule has 2 nitrogen and oxygen atoms in total. The average molecular weight is 239 g/mol. The summed E-state index contributed by atoms with van der Waals surface area (Å²) in [5.41, 5.74) is 1.37. The van der Waals surface area contributed by atoms with E-state index >= 15 is 0 Å². The zero-order valence-corrected chi connectivity index (χ0v) is 10.3. The summed E-state index contributed by atoms with van der Waals surface area (Å²) < 4.78 is 5.52. The molecule has 1 aromatic carbocycles. The topological polar surface area (TPSA) is 26.3 Å². The smallest absolute Gasteiger partial charge is 0.189 e. The van der Waals surface area contributed by atoms with Crippen molar-refractivity contribution in [2.75, 3.05) is 6.61 Å². The number of carbonyl (C=O) groups is 1. The Labute approximate surface area is 101 Å². The SMILES string of the molecule is C=CC(=O)c1cc(Cl)c(C)cc1OCCC. The largest absolute Gasteiger partial charge is 0.493 e. The summed E-state index contributed by atoms with van der Waals surface area (Å²) in [6.07, 6.45) is 2.16. The van der Waals surface area contributed by atoms with Crippen molar-refractivity contribution in [3.05, 3.63) is 40.9 Å². The van der Waals surface area contributed by atoms with Gasteiger partial charge in [0.25, 0.3) is 0 Å². The highest BCUT2D eigenvalue weighted by Crippen LogP contribution is 2.27. The summed E-state index contributed by atoms with van der Waals surface area (Å²) >= 11 is 5.98. The van der Waals surface area contributed by atoms with Crippen LogP contribution in [0, 0.1) is 6.92 Å². The second kappa shape index (κ2) is 5.71. The lowest BCUT2D eigenvalue weighted by Gasteiger charge is -2.11. The molecule has 1 aromatic rings. The van der Waals surface area contributed by atoms with Gasteiger partial charge in [0.1, 0.15) is 5.75 Å². The highest BCUT2D eigenvalue weighted by Gasteiger charge is 2.12. The van der Waals surface area contributed by atoms with E-state index in [0.29, 0.717) is 22.9 Å². The Bertz CT molecular complexity index is 411. The Balaban J connectivity index is 3.16. The summed E-state index contributed by atoms with van der Waals surface area (Å²) in [5, 5.41) is 0.564. The van der Waals surface area contributed by atoms with Crippen molar-refractivity contribution in [1.29, 1.82) is 0 Å². The molecule has 86 valence electrons. The number of hydrogen-bond acceptors (Lipinski definition) is 2. The maximum absolute atomic E-state index is 11.6. The highest BCUT2D eigenvalue weighted by molar-refractivity contribution is 6.32. The van der Waals surface area contributed by atoms with Gasteiger partial charge < -0.3 is 4.74 Å². The van der Waals surface area contributed by atoms with E-state index in [4.69, 9.17) is 16.3 Å². The number of rotatable bonds is 5. The van der Waals surface area contributed by atoms with Crippen LogP contribution in [0.2, 0.25) is 5.02 Å². The fraction of sp³-hybridized carbons (Fsp3) is 0.308. The van der Waals surface area contributed by atoms with E-state index in [2.05, 4.69) is 6.58 Å². The molecular formula is C13H15ClO2. The third-order valence-corrected chi connectivity index (χ3v) is 2.58. The van der Waals surface area contributed by atoms with E-state index in [1.54, 1.807) is 12.1 Å². The van der Waals surface area contributed by atoms with Crippen LogP contribution in [0.4, 0.5) is 0 Å². The molecule has 0 heterocycles. The van der Waals surface area contributed by atoms with Crippen molar-refractivity contribution in [2.24, 2.45) is 0 Å². The molecule has 16 heavy (non-hydrogen) atoms. The van der Waals surface area contributed by atoms with Crippen LogP contribution in [0.25, 0.3) is 0 Å². The number of benzene rings is 1. The van der Waals surface area contributed by atoms with Crippen molar-refractivity contribution in [3.63, 3.8) is 0 Å². The first-order valence-electron chi connectivity index (χ1n) is 5.19. The minimum atomic E-state index is -0.173. The van der Waals surface area contributed by atoms with Gasteiger partial charge in [-0.1, -0.05) is 25.1 Å². The molecule has 0 atom stereocenters. The number of allylic oxidation sites excluding steroid dienone is 1. The fourth-order valence-corrected chi connectivity index (χ4v) is 1.45. The lowest BCUT2D eigenvalue weighted by Crippen LogP contribution is -2.03. The highest BCUT2D eigenvalue weighted by atomic mass is 35.5. The minimum absolute atomic E-state index is 0.173. The molecular weight excluding hydrogens is 224 g/mol. The van der Waals surface area contributed by atoms with Gasteiger partial charge in [0.2, 0.25) is 0 Å². The number of aryl methyl sites for hydroxylation is 1. The van der Waals surface area contributed by atoms with Gasteiger partial charge in [-0.15, -0.1) is 0 Å². The third kappa shape index (κ3) is 2.86. The van der Waals surface area contributed by atoms with Gasteiger partial charge >= 0.3 is 0 Å². The summed E-state index contributed by atoms with van der Waals surface area (Å²) in [4.78, 5) is 11.6. The molecule has 0 amide bonds. The molecule has 1 rings (SSSR count). The molecule has 0 unspecified atom stereocenters. The van der Waals surface area contributed by atoms with Crippen molar-refractivity contribution < 1.29 is 9.53 Å². The molecule has 0 N–H and O–H groups in total. The minimum Gasteiger partial charge on any atom is -0.493 e. The van der Waals surface area contributed by atoms with Gasteiger partial charge in [0.15, 0.2) is 5.78 Å². The molecule has 0 bridgehead atoms. The Morgan fingerprint density at radius 3 is 2.81 bits per heavy atom. The normalized spacial score (nSPS) is 9.94. The van der Waals surface area contributed by atoms with Crippen LogP contribution in [-0.2, 0) is 0 Å². The predicted molar refractivity (Wildman–Crippen MR) is 66.5 cm³/mol. The first-order valence-corrected chi connectivity index (χ1v) is 5.57. The summed E-state index contributed by atoms with van der Waals surface area (Å²) in [5.74, 6) is 0.404. The lowest BCUT2D eigenvalue weighted by atomic mass is 10.1. The molecule has 0 aromatic heterocycles. The van der Waals surface area contributed by atoms with Crippen LogP contribution < -0.4 is 4.74 Å². The molecule has 0 saturated carbocycles. The van der Waals surface area contributed by atoms with Crippen molar-refractivity contribution in [3.8, 4) is 5.75 Å². The Morgan fingerprint density at radius 1 is 1.56 bits per heavy atom. The second-order valence-electron chi connectivity index (χ2n) is 3.51. The summed E-state index contributed by atoms with van der Waals surface area (Å²) in [6, 6.07) is 3.42. The van der Waals surface area contributed by atoms with Gasteiger partial charge in [-0.2, -0.15) is 0 Å². The number of halogens is 1. The predicted octanol–water partition coefficient (Wildman–Crippen LogP) is 3.81. The van der Waals surface area contributed by atoms with E-state index in [0.717, 1.165) is 12.0 Å². The van der Waals surface area contributed by atoms with Crippen molar-refractivity contribution in [2.45, 2.75) is 20.3 Å². The Morgan fingerprint density at radius 2 is 2.25 bits per heavy atom. The van der Waals surface area contributed by atoms with Crippen molar-refractivity contribution >= 4 is 17.4 Å². The van der Waals surface area contributed by atoms with Crippen LogP contribution >= 0.6 is 11.6 Å². The Hall–Kier alpha value is -1.28. The lowest BCUT2D eigenvalue weighted by molar-refractivity contribution is 0.104. The number of ketones is 1. The molecule has 0 fully saturated rings. The quantitative estimate of drug-likeness (QED) is 0.576. The van der Waals surface area contributed by atoms with Crippen LogP contribution in [0.1, 0.15) is 29.3 Å². The maximum Gasteiger partial charge on any atom is 0.189 e. The first-order chi connectivity index (χ1) is 7.60. The summed E-state index contributed by atoms with van der Waals surface area (Å²) in [6.45, 7) is 7.93. The standard InChI is InChI=1S/C13H15ClO2/c1-4-6-16-13-7-9(3)11(14)8-10(13)12(15)5-2/h5,7-8H,2,4,6H2,1,3H3. The van der Waals surface area contributed by atoms with Crippen LogP contribution in [-0.4, -0.2) is 12.4 Å². The summed E-state index contributed by atoms with van der Waals surface area (Å²) in [7, 11) is 0. The van der Waals surface area contributed by atoms with Crippen LogP contribution in [0.5, 0.6) is 5.75 Å². The van der Waals surface area contributed by atoms with Gasteiger partial charge in [-0.05, 0) is 37.1 Å². The fourth-order valence-electron chi connectivity index (χ4n) is 1.29.